The fraction of sp³-hybridized carbons (Fsp3) is 0.417. The lowest BCUT2D eigenvalue weighted by Crippen LogP contribution is -2.26. The molecule has 3 rings (SSSR count). The number of oxazole rings is 1. The van der Waals surface area contributed by atoms with E-state index < -0.39 is 0 Å². The highest BCUT2D eigenvalue weighted by atomic mass is 16.4. The van der Waals surface area contributed by atoms with Crippen LogP contribution in [0.1, 0.15) is 19.8 Å². The molecule has 1 aliphatic rings. The predicted molar refractivity (Wildman–Crippen MR) is 64.5 cm³/mol. The second kappa shape index (κ2) is 3.40. The Balaban J connectivity index is 2.08. The van der Waals surface area contributed by atoms with Gasteiger partial charge in [0.15, 0.2) is 5.58 Å². The van der Waals surface area contributed by atoms with Crippen molar-refractivity contribution in [1.29, 1.82) is 0 Å². The van der Waals surface area contributed by atoms with Gasteiger partial charge in [-0.2, -0.15) is 4.98 Å². The summed E-state index contributed by atoms with van der Waals surface area (Å²) in [4.78, 5) is 6.69. The minimum Gasteiger partial charge on any atom is -0.423 e. The SMILES string of the molecule is CC1CCCN1c1nc2c(N)cccc2o1. The molecule has 2 heterocycles. The number of benzene rings is 1. The molecule has 4 nitrogen and oxygen atoms in total. The summed E-state index contributed by atoms with van der Waals surface area (Å²) >= 11 is 0. The molecule has 1 aliphatic heterocycles. The summed E-state index contributed by atoms with van der Waals surface area (Å²) in [5, 5.41) is 0. The number of para-hydroxylation sites is 1. The highest BCUT2D eigenvalue weighted by Crippen LogP contribution is 2.29. The minimum absolute atomic E-state index is 0.509. The predicted octanol–water partition coefficient (Wildman–Crippen LogP) is 2.40. The Bertz CT molecular complexity index is 520. The molecule has 0 spiro atoms. The third-order valence-corrected chi connectivity index (χ3v) is 3.24. The third-order valence-electron chi connectivity index (χ3n) is 3.24. The van der Waals surface area contributed by atoms with Crippen LogP contribution in [0.15, 0.2) is 22.6 Å². The van der Waals surface area contributed by atoms with E-state index in [0.717, 1.165) is 17.6 Å². The van der Waals surface area contributed by atoms with Gasteiger partial charge in [0.1, 0.15) is 5.52 Å². The van der Waals surface area contributed by atoms with Gasteiger partial charge in [-0.15, -0.1) is 0 Å². The molecule has 1 unspecified atom stereocenters. The van der Waals surface area contributed by atoms with Gasteiger partial charge in [0.2, 0.25) is 0 Å². The summed E-state index contributed by atoms with van der Waals surface area (Å²) in [6.45, 7) is 3.22. The first kappa shape index (κ1) is 9.51. The zero-order chi connectivity index (χ0) is 11.1. The fourth-order valence-corrected chi connectivity index (χ4v) is 2.30. The lowest BCUT2D eigenvalue weighted by molar-refractivity contribution is 0.561. The van der Waals surface area contributed by atoms with Crippen LogP contribution in [0.3, 0.4) is 0 Å². The summed E-state index contributed by atoms with van der Waals surface area (Å²) in [5.74, 6) is 0. The summed E-state index contributed by atoms with van der Waals surface area (Å²) in [7, 11) is 0. The number of fused-ring (bicyclic) bond motifs is 1. The van der Waals surface area contributed by atoms with E-state index in [9.17, 15) is 0 Å². The molecule has 0 amide bonds. The van der Waals surface area contributed by atoms with Crippen molar-refractivity contribution in [3.05, 3.63) is 18.2 Å². The number of hydrogen-bond donors (Lipinski definition) is 1. The van der Waals surface area contributed by atoms with E-state index >= 15 is 0 Å². The molecule has 1 saturated heterocycles. The van der Waals surface area contributed by atoms with Crippen LogP contribution in [0, 0.1) is 0 Å². The van der Waals surface area contributed by atoms with Crippen molar-refractivity contribution in [2.45, 2.75) is 25.8 Å². The van der Waals surface area contributed by atoms with E-state index in [-0.39, 0.29) is 0 Å². The van der Waals surface area contributed by atoms with Gasteiger partial charge in [-0.1, -0.05) is 6.07 Å². The van der Waals surface area contributed by atoms with E-state index in [4.69, 9.17) is 10.2 Å². The number of anilines is 2. The van der Waals surface area contributed by atoms with Crippen LogP contribution in [0.5, 0.6) is 0 Å². The minimum atomic E-state index is 0.509. The molecule has 1 fully saturated rings. The van der Waals surface area contributed by atoms with Crippen LogP contribution in [0.25, 0.3) is 11.1 Å². The summed E-state index contributed by atoms with van der Waals surface area (Å²) in [6.07, 6.45) is 2.41. The first-order chi connectivity index (χ1) is 7.75. The zero-order valence-electron chi connectivity index (χ0n) is 9.31. The fourth-order valence-electron chi connectivity index (χ4n) is 2.30. The Morgan fingerprint density at radius 2 is 2.38 bits per heavy atom. The maximum Gasteiger partial charge on any atom is 0.298 e. The number of nitrogens with zero attached hydrogens (tertiary/aromatic N) is 2. The molecular formula is C12H15N3O. The Kier molecular flexibility index (Phi) is 2.02. The van der Waals surface area contributed by atoms with Gasteiger partial charge in [-0.05, 0) is 31.9 Å². The molecule has 0 bridgehead atoms. The molecule has 0 aliphatic carbocycles. The summed E-state index contributed by atoms with van der Waals surface area (Å²) < 4.78 is 5.74. The van der Waals surface area contributed by atoms with Crippen molar-refractivity contribution in [2.75, 3.05) is 17.2 Å². The molecular weight excluding hydrogens is 202 g/mol. The van der Waals surface area contributed by atoms with Gasteiger partial charge in [-0.25, -0.2) is 0 Å². The maximum absolute atomic E-state index is 5.86. The van der Waals surface area contributed by atoms with Crippen LogP contribution in [-0.2, 0) is 0 Å². The molecule has 2 aromatic rings. The first-order valence-electron chi connectivity index (χ1n) is 5.67. The number of hydrogen-bond acceptors (Lipinski definition) is 4. The quantitative estimate of drug-likeness (QED) is 0.745. The highest BCUT2D eigenvalue weighted by molar-refractivity contribution is 5.86. The van der Waals surface area contributed by atoms with E-state index in [0.29, 0.717) is 17.7 Å². The van der Waals surface area contributed by atoms with Crippen LogP contribution < -0.4 is 10.6 Å². The molecule has 2 N–H and O–H groups in total. The van der Waals surface area contributed by atoms with Gasteiger partial charge in [-0.3, -0.25) is 0 Å². The topological polar surface area (TPSA) is 55.3 Å². The van der Waals surface area contributed by atoms with Crippen LogP contribution in [0.2, 0.25) is 0 Å². The lowest BCUT2D eigenvalue weighted by atomic mass is 10.2. The van der Waals surface area contributed by atoms with E-state index in [2.05, 4.69) is 16.8 Å². The van der Waals surface area contributed by atoms with Crippen molar-refractivity contribution in [3.63, 3.8) is 0 Å². The maximum atomic E-state index is 5.86. The van der Waals surface area contributed by atoms with Crippen molar-refractivity contribution >= 4 is 22.8 Å². The van der Waals surface area contributed by atoms with Crippen molar-refractivity contribution in [2.24, 2.45) is 0 Å². The first-order valence-corrected chi connectivity index (χ1v) is 5.67. The van der Waals surface area contributed by atoms with Gasteiger partial charge >= 0.3 is 0 Å². The van der Waals surface area contributed by atoms with E-state index in [1.54, 1.807) is 0 Å². The number of rotatable bonds is 1. The van der Waals surface area contributed by atoms with Gasteiger partial charge in [0, 0.05) is 12.6 Å². The summed E-state index contributed by atoms with van der Waals surface area (Å²) in [6, 6.07) is 6.86. The normalized spacial score (nSPS) is 20.8. The largest absolute Gasteiger partial charge is 0.423 e. The molecule has 1 aromatic carbocycles. The molecule has 0 radical (unpaired) electrons. The second-order valence-corrected chi connectivity index (χ2v) is 4.38. The molecule has 4 heteroatoms. The molecule has 0 saturated carbocycles. The molecule has 84 valence electrons. The van der Waals surface area contributed by atoms with Crippen LogP contribution >= 0.6 is 0 Å². The van der Waals surface area contributed by atoms with E-state index in [1.165, 1.54) is 12.8 Å². The van der Waals surface area contributed by atoms with Gasteiger partial charge in [0.05, 0.1) is 5.69 Å². The third kappa shape index (κ3) is 1.33. The number of nitrogen functional groups attached to an aromatic ring is 1. The highest BCUT2D eigenvalue weighted by Gasteiger charge is 2.24. The Morgan fingerprint density at radius 3 is 3.06 bits per heavy atom. The van der Waals surface area contributed by atoms with Gasteiger partial charge in [0.25, 0.3) is 6.01 Å². The Hall–Kier alpha value is -1.71. The summed E-state index contributed by atoms with van der Waals surface area (Å²) in [5.41, 5.74) is 8.09. The van der Waals surface area contributed by atoms with Gasteiger partial charge < -0.3 is 15.1 Å². The molecule has 1 atom stereocenters. The average Bonchev–Trinajstić information content (AvgIpc) is 2.84. The monoisotopic (exact) mass is 217 g/mol. The van der Waals surface area contributed by atoms with Crippen molar-refractivity contribution < 1.29 is 4.42 Å². The van der Waals surface area contributed by atoms with Crippen molar-refractivity contribution in [3.8, 4) is 0 Å². The standard InChI is InChI=1S/C12H15N3O/c1-8-4-3-7-15(8)12-14-11-9(13)5-2-6-10(11)16-12/h2,5-6,8H,3-4,7,13H2,1H3. The van der Waals surface area contributed by atoms with Crippen LogP contribution in [0.4, 0.5) is 11.7 Å². The number of nitrogens with two attached hydrogens (primary N) is 1. The molecule has 16 heavy (non-hydrogen) atoms. The molecule has 1 aromatic heterocycles. The van der Waals surface area contributed by atoms with Crippen LogP contribution in [-0.4, -0.2) is 17.6 Å². The van der Waals surface area contributed by atoms with E-state index in [1.807, 2.05) is 18.2 Å². The lowest BCUT2D eigenvalue weighted by Gasteiger charge is -2.18. The van der Waals surface area contributed by atoms with Crippen molar-refractivity contribution in [1.82, 2.24) is 4.98 Å². The average molecular weight is 217 g/mol. The Morgan fingerprint density at radius 1 is 1.50 bits per heavy atom. The second-order valence-electron chi connectivity index (χ2n) is 4.38. The zero-order valence-corrected chi connectivity index (χ0v) is 9.31. The Labute approximate surface area is 94.0 Å². The smallest absolute Gasteiger partial charge is 0.298 e. The number of aromatic nitrogens is 1.